The zero-order chi connectivity index (χ0) is 22.5. The first kappa shape index (κ1) is 21.9. The maximum absolute atomic E-state index is 13.0. The first-order chi connectivity index (χ1) is 14.8. The van der Waals surface area contributed by atoms with Crippen LogP contribution in [0.15, 0.2) is 53.6 Å². The summed E-state index contributed by atoms with van der Waals surface area (Å²) in [6.07, 6.45) is 2.61. The molecule has 8 nitrogen and oxygen atoms in total. The molecule has 0 radical (unpaired) electrons. The molecule has 0 spiro atoms. The van der Waals surface area contributed by atoms with E-state index < -0.39 is 23.4 Å². The number of hydrogen-bond donors (Lipinski definition) is 1. The number of esters is 1. The highest BCUT2D eigenvalue weighted by molar-refractivity contribution is 6.08. The third kappa shape index (κ3) is 4.69. The zero-order valence-corrected chi connectivity index (χ0v) is 17.9. The van der Waals surface area contributed by atoms with Gasteiger partial charge in [0.15, 0.2) is 11.5 Å². The molecule has 1 aromatic carbocycles. The second-order valence-corrected chi connectivity index (χ2v) is 7.05. The molecular formula is C23H24N4O4. The van der Waals surface area contributed by atoms with E-state index in [0.29, 0.717) is 5.69 Å². The van der Waals surface area contributed by atoms with Crippen molar-refractivity contribution in [1.29, 1.82) is 0 Å². The number of carbonyl (C=O) groups is 2. The minimum absolute atomic E-state index is 0.0280. The van der Waals surface area contributed by atoms with Crippen molar-refractivity contribution in [2.75, 3.05) is 5.32 Å². The molecule has 0 saturated carbocycles. The number of carbonyl (C=O) groups excluding carboxylic acids is 2. The highest BCUT2D eigenvalue weighted by atomic mass is 16.5. The van der Waals surface area contributed by atoms with E-state index in [1.54, 1.807) is 32.3 Å². The molecule has 0 amide bonds. The number of hydrogen-bond acceptors (Lipinski definition) is 7. The van der Waals surface area contributed by atoms with Crippen LogP contribution in [0.4, 0.5) is 11.4 Å². The number of ether oxygens (including phenoxy) is 1. The molecule has 160 valence electrons. The first-order valence-corrected chi connectivity index (χ1v) is 9.93. The second-order valence-electron chi connectivity index (χ2n) is 7.05. The van der Waals surface area contributed by atoms with Gasteiger partial charge in [-0.2, -0.15) is 5.10 Å². The number of benzene rings is 1. The molecule has 1 N–H and O–H groups in total. The van der Waals surface area contributed by atoms with Crippen molar-refractivity contribution in [3.63, 3.8) is 0 Å². The molecule has 8 heteroatoms. The number of nitrogens with one attached hydrogen (secondary N) is 1. The van der Waals surface area contributed by atoms with Crippen LogP contribution in [0.5, 0.6) is 0 Å². The summed E-state index contributed by atoms with van der Waals surface area (Å²) in [5.74, 6) is -1.26. The molecule has 0 aliphatic carbocycles. The van der Waals surface area contributed by atoms with Gasteiger partial charge < -0.3 is 10.1 Å². The van der Waals surface area contributed by atoms with Crippen LogP contribution in [0.2, 0.25) is 0 Å². The third-order valence-electron chi connectivity index (χ3n) is 4.85. The fraction of sp³-hybridized carbons (Fsp3) is 0.261. The minimum Gasteiger partial charge on any atom is -0.453 e. The monoisotopic (exact) mass is 420 g/mol. The van der Waals surface area contributed by atoms with Gasteiger partial charge in [0, 0.05) is 12.7 Å². The first-order valence-electron chi connectivity index (χ1n) is 9.93. The number of rotatable bonds is 7. The van der Waals surface area contributed by atoms with Crippen LogP contribution in [-0.4, -0.2) is 26.5 Å². The predicted octanol–water partition coefficient (Wildman–Crippen LogP) is 3.83. The standard InChI is InChI=1S/C23H24N4O4/c1-5-27-22(29)20(25-18-13-24-12-11-14(18)2)19(15(3)28)21(26-27)23(30)31-16(4)17-9-7-6-8-10-17/h6-13,16,25H,5H2,1-4H3. The Hall–Kier alpha value is -3.81. The van der Waals surface area contributed by atoms with Crippen LogP contribution >= 0.6 is 0 Å². The number of anilines is 2. The van der Waals surface area contributed by atoms with E-state index >= 15 is 0 Å². The van der Waals surface area contributed by atoms with E-state index in [2.05, 4.69) is 15.4 Å². The van der Waals surface area contributed by atoms with Gasteiger partial charge in [-0.3, -0.25) is 14.6 Å². The average molecular weight is 420 g/mol. The summed E-state index contributed by atoms with van der Waals surface area (Å²) in [6, 6.07) is 11.0. The summed E-state index contributed by atoms with van der Waals surface area (Å²) in [5, 5.41) is 7.12. The smallest absolute Gasteiger partial charge is 0.360 e. The Morgan fingerprint density at radius 3 is 2.52 bits per heavy atom. The van der Waals surface area contributed by atoms with Gasteiger partial charge in [0.05, 0.1) is 17.4 Å². The Kier molecular flexibility index (Phi) is 6.59. The third-order valence-corrected chi connectivity index (χ3v) is 4.85. The molecule has 0 aliphatic rings. The fourth-order valence-electron chi connectivity index (χ4n) is 3.12. The van der Waals surface area contributed by atoms with Gasteiger partial charge in [-0.15, -0.1) is 0 Å². The lowest BCUT2D eigenvalue weighted by atomic mass is 10.1. The average Bonchev–Trinajstić information content (AvgIpc) is 2.76. The number of aromatic nitrogens is 3. The van der Waals surface area contributed by atoms with E-state index in [4.69, 9.17) is 4.74 Å². The number of ketones is 1. The van der Waals surface area contributed by atoms with Gasteiger partial charge in [0.2, 0.25) is 0 Å². The summed E-state index contributed by atoms with van der Waals surface area (Å²) in [6.45, 7) is 6.79. The molecule has 1 unspecified atom stereocenters. The Bertz CT molecular complexity index is 1170. The Morgan fingerprint density at radius 2 is 1.90 bits per heavy atom. The topological polar surface area (TPSA) is 103 Å². The molecule has 3 aromatic rings. The largest absolute Gasteiger partial charge is 0.453 e. The van der Waals surface area contributed by atoms with Crippen molar-refractivity contribution in [2.24, 2.45) is 0 Å². The SMILES string of the molecule is CCn1nc(C(=O)OC(C)c2ccccc2)c(C(C)=O)c(Nc2cnccc2C)c1=O. The molecule has 2 aromatic heterocycles. The normalized spacial score (nSPS) is 11.6. The lowest BCUT2D eigenvalue weighted by Gasteiger charge is -2.18. The van der Waals surface area contributed by atoms with Crippen molar-refractivity contribution in [1.82, 2.24) is 14.8 Å². The van der Waals surface area contributed by atoms with Crippen molar-refractivity contribution in [2.45, 2.75) is 40.3 Å². The van der Waals surface area contributed by atoms with E-state index in [-0.39, 0.29) is 23.5 Å². The summed E-state index contributed by atoms with van der Waals surface area (Å²) in [5.41, 5.74) is 1.32. The van der Waals surface area contributed by atoms with Crippen LogP contribution in [0.25, 0.3) is 0 Å². The van der Waals surface area contributed by atoms with Gasteiger partial charge in [0.1, 0.15) is 11.8 Å². The number of aryl methyl sites for hydroxylation is 2. The molecular weight excluding hydrogens is 396 g/mol. The lowest BCUT2D eigenvalue weighted by Crippen LogP contribution is -2.31. The Labute approximate surface area is 179 Å². The Morgan fingerprint density at radius 1 is 1.19 bits per heavy atom. The highest BCUT2D eigenvalue weighted by Gasteiger charge is 2.27. The molecule has 0 aliphatic heterocycles. The van der Waals surface area contributed by atoms with Gasteiger partial charge in [-0.1, -0.05) is 30.3 Å². The molecule has 31 heavy (non-hydrogen) atoms. The van der Waals surface area contributed by atoms with E-state index in [1.165, 1.54) is 6.92 Å². The van der Waals surface area contributed by atoms with Crippen molar-refractivity contribution < 1.29 is 14.3 Å². The molecule has 0 bridgehead atoms. The maximum atomic E-state index is 13.0. The quantitative estimate of drug-likeness (QED) is 0.458. The van der Waals surface area contributed by atoms with Crippen LogP contribution < -0.4 is 10.9 Å². The molecule has 3 rings (SSSR count). The van der Waals surface area contributed by atoms with Gasteiger partial charge >= 0.3 is 5.97 Å². The Balaban J connectivity index is 2.09. The fourth-order valence-corrected chi connectivity index (χ4v) is 3.12. The van der Waals surface area contributed by atoms with Crippen molar-refractivity contribution in [3.05, 3.63) is 81.5 Å². The van der Waals surface area contributed by atoms with Gasteiger partial charge in [0.25, 0.3) is 5.56 Å². The molecule has 0 saturated heterocycles. The lowest BCUT2D eigenvalue weighted by molar-refractivity contribution is 0.0325. The predicted molar refractivity (Wildman–Crippen MR) is 117 cm³/mol. The molecule has 1 atom stereocenters. The summed E-state index contributed by atoms with van der Waals surface area (Å²) in [7, 11) is 0. The number of nitrogens with zero attached hydrogens (tertiary/aromatic N) is 3. The van der Waals surface area contributed by atoms with Gasteiger partial charge in [-0.25, -0.2) is 9.48 Å². The summed E-state index contributed by atoms with van der Waals surface area (Å²) >= 11 is 0. The number of pyridine rings is 1. The van der Waals surface area contributed by atoms with Crippen LogP contribution in [0.1, 0.15) is 58.8 Å². The molecule has 2 heterocycles. The minimum atomic E-state index is -0.783. The highest BCUT2D eigenvalue weighted by Crippen LogP contribution is 2.24. The second kappa shape index (κ2) is 9.34. The van der Waals surface area contributed by atoms with Crippen molar-refractivity contribution in [3.8, 4) is 0 Å². The van der Waals surface area contributed by atoms with Crippen molar-refractivity contribution >= 4 is 23.1 Å². The summed E-state index contributed by atoms with van der Waals surface area (Å²) < 4.78 is 6.70. The number of Topliss-reactive ketones (excluding diaryl/α,β-unsaturated/α-hetero) is 1. The van der Waals surface area contributed by atoms with Crippen LogP contribution in [0, 0.1) is 6.92 Å². The van der Waals surface area contributed by atoms with E-state index in [9.17, 15) is 14.4 Å². The van der Waals surface area contributed by atoms with Gasteiger partial charge in [-0.05, 0) is 44.9 Å². The summed E-state index contributed by atoms with van der Waals surface area (Å²) in [4.78, 5) is 42.6. The van der Waals surface area contributed by atoms with Crippen LogP contribution in [-0.2, 0) is 11.3 Å². The van der Waals surface area contributed by atoms with Crippen LogP contribution in [0.3, 0.4) is 0 Å². The van der Waals surface area contributed by atoms with E-state index in [1.807, 2.05) is 37.3 Å². The van der Waals surface area contributed by atoms with E-state index in [0.717, 1.165) is 15.8 Å². The molecule has 0 fully saturated rings. The maximum Gasteiger partial charge on any atom is 0.360 e. The zero-order valence-electron chi connectivity index (χ0n) is 17.9.